The smallest absolute Gasteiger partial charge is 0.242 e. The Morgan fingerprint density at radius 1 is 1.26 bits per heavy atom. The van der Waals surface area contributed by atoms with Crippen molar-refractivity contribution < 1.29 is 9.59 Å². The Morgan fingerprint density at radius 2 is 2.00 bits per heavy atom. The van der Waals surface area contributed by atoms with Gasteiger partial charge in [0.05, 0.1) is 11.9 Å². The third-order valence-corrected chi connectivity index (χ3v) is 3.55. The molecular weight excluding hydrogens is 298 g/mol. The van der Waals surface area contributed by atoms with Crippen molar-refractivity contribution in [2.45, 2.75) is 40.3 Å². The zero-order valence-electron chi connectivity index (χ0n) is 13.8. The second-order valence-electron chi connectivity index (χ2n) is 5.25. The average Bonchev–Trinajstić information content (AvgIpc) is 3.02. The lowest BCUT2D eigenvalue weighted by molar-refractivity contribution is -0.122. The highest BCUT2D eigenvalue weighted by Gasteiger charge is 2.12. The van der Waals surface area contributed by atoms with Crippen LogP contribution in [-0.4, -0.2) is 36.6 Å². The third-order valence-electron chi connectivity index (χ3n) is 3.55. The molecule has 2 aromatic heterocycles. The average molecular weight is 319 g/mol. The Morgan fingerprint density at radius 3 is 2.61 bits per heavy atom. The van der Waals surface area contributed by atoms with Crippen LogP contribution in [0.15, 0.2) is 6.20 Å². The molecule has 0 saturated heterocycles. The predicted molar refractivity (Wildman–Crippen MR) is 83.5 cm³/mol. The maximum atomic E-state index is 12.0. The summed E-state index contributed by atoms with van der Waals surface area (Å²) in [5, 5.41) is 17.3. The number of nitrogens with one attached hydrogen (secondary N) is 2. The van der Waals surface area contributed by atoms with Crippen molar-refractivity contribution in [3.8, 4) is 0 Å². The summed E-state index contributed by atoms with van der Waals surface area (Å²) in [5.41, 5.74) is 2.93. The van der Waals surface area contributed by atoms with E-state index < -0.39 is 0 Å². The predicted octanol–water partition coefficient (Wildman–Crippen LogP) is 0.293. The fraction of sp³-hybridized carbons (Fsp3) is 0.500. The number of rotatable bonds is 6. The maximum absolute atomic E-state index is 12.0. The molecule has 0 saturated carbocycles. The molecular formula is C14H21N7O2. The summed E-state index contributed by atoms with van der Waals surface area (Å²) in [4.78, 5) is 23.3. The van der Waals surface area contributed by atoms with Gasteiger partial charge in [-0.05, 0) is 13.8 Å². The van der Waals surface area contributed by atoms with Crippen LogP contribution in [0.4, 0.5) is 5.82 Å². The van der Waals surface area contributed by atoms with Crippen LogP contribution in [0, 0.1) is 13.8 Å². The molecule has 0 spiro atoms. The van der Waals surface area contributed by atoms with Gasteiger partial charge < -0.3 is 10.6 Å². The van der Waals surface area contributed by atoms with E-state index in [2.05, 4.69) is 26.0 Å². The summed E-state index contributed by atoms with van der Waals surface area (Å²) >= 11 is 0. The first-order valence-electron chi connectivity index (χ1n) is 7.36. The molecule has 2 heterocycles. The monoisotopic (exact) mass is 319 g/mol. The van der Waals surface area contributed by atoms with Crippen molar-refractivity contribution >= 4 is 17.6 Å². The summed E-state index contributed by atoms with van der Waals surface area (Å²) in [7, 11) is 1.87. The molecule has 0 aliphatic heterocycles. The van der Waals surface area contributed by atoms with Crippen LogP contribution in [0.5, 0.6) is 0 Å². The van der Waals surface area contributed by atoms with Crippen molar-refractivity contribution in [3.05, 3.63) is 23.1 Å². The van der Waals surface area contributed by atoms with E-state index in [4.69, 9.17) is 0 Å². The standard InChI is InChI=1S/C14H21N7O2/c1-5-13(22)16-12-7-21(19-17-12)8-14(23)15-6-11-9(2)18-20(4)10(11)3/h7H,5-6,8H2,1-4H3,(H,15,23)(H,16,22). The SMILES string of the molecule is CCC(=O)Nc1cn(CC(=O)NCc2c(C)nn(C)c2C)nn1. The maximum Gasteiger partial charge on any atom is 0.242 e. The summed E-state index contributed by atoms with van der Waals surface area (Å²) in [6.45, 7) is 6.07. The van der Waals surface area contributed by atoms with Crippen LogP contribution in [0.3, 0.4) is 0 Å². The summed E-state index contributed by atoms with van der Waals surface area (Å²) in [5.74, 6) is -0.00134. The topological polar surface area (TPSA) is 107 Å². The van der Waals surface area contributed by atoms with Crippen molar-refractivity contribution in [3.63, 3.8) is 0 Å². The van der Waals surface area contributed by atoms with E-state index in [9.17, 15) is 9.59 Å². The Balaban J connectivity index is 1.89. The van der Waals surface area contributed by atoms with E-state index in [0.717, 1.165) is 17.0 Å². The van der Waals surface area contributed by atoms with Gasteiger partial charge >= 0.3 is 0 Å². The third kappa shape index (κ3) is 4.15. The van der Waals surface area contributed by atoms with Gasteiger partial charge in [-0.15, -0.1) is 5.10 Å². The van der Waals surface area contributed by atoms with Gasteiger partial charge in [0.25, 0.3) is 0 Å². The number of anilines is 1. The Bertz CT molecular complexity index is 717. The van der Waals surface area contributed by atoms with E-state index in [1.807, 2.05) is 20.9 Å². The molecule has 9 nitrogen and oxygen atoms in total. The minimum absolute atomic E-state index is 0.0351. The normalized spacial score (nSPS) is 10.6. The first-order valence-corrected chi connectivity index (χ1v) is 7.36. The molecule has 2 amide bonds. The van der Waals surface area contributed by atoms with Crippen molar-refractivity contribution in [2.75, 3.05) is 5.32 Å². The van der Waals surface area contributed by atoms with Crippen LogP contribution in [0.25, 0.3) is 0 Å². The minimum atomic E-state index is -0.189. The van der Waals surface area contributed by atoms with Gasteiger partial charge in [-0.2, -0.15) is 5.10 Å². The summed E-state index contributed by atoms with van der Waals surface area (Å²) in [6, 6.07) is 0. The summed E-state index contributed by atoms with van der Waals surface area (Å²) in [6.07, 6.45) is 1.88. The fourth-order valence-electron chi connectivity index (χ4n) is 2.13. The molecule has 0 aliphatic rings. The largest absolute Gasteiger partial charge is 0.350 e. The molecule has 0 aromatic carbocycles. The van der Waals surface area contributed by atoms with E-state index >= 15 is 0 Å². The van der Waals surface area contributed by atoms with Crippen LogP contribution < -0.4 is 10.6 Å². The number of carbonyl (C=O) groups excluding carboxylic acids is 2. The molecule has 0 atom stereocenters. The molecule has 9 heteroatoms. The number of amides is 2. The quantitative estimate of drug-likeness (QED) is 0.796. The van der Waals surface area contributed by atoms with Gasteiger partial charge in [0, 0.05) is 31.3 Å². The van der Waals surface area contributed by atoms with Gasteiger partial charge in [-0.3, -0.25) is 14.3 Å². The Kier molecular flexibility index (Phi) is 5.09. The van der Waals surface area contributed by atoms with E-state index in [-0.39, 0.29) is 18.4 Å². The van der Waals surface area contributed by atoms with E-state index in [1.165, 1.54) is 10.9 Å². The highest BCUT2D eigenvalue weighted by Crippen LogP contribution is 2.11. The second-order valence-corrected chi connectivity index (χ2v) is 5.25. The number of carbonyl (C=O) groups is 2. The number of aryl methyl sites for hydroxylation is 2. The first kappa shape index (κ1) is 16.7. The molecule has 0 fully saturated rings. The summed E-state index contributed by atoms with van der Waals surface area (Å²) < 4.78 is 3.17. The van der Waals surface area contributed by atoms with E-state index in [0.29, 0.717) is 18.8 Å². The zero-order chi connectivity index (χ0) is 17.0. The minimum Gasteiger partial charge on any atom is -0.350 e. The highest BCUT2D eigenvalue weighted by molar-refractivity contribution is 5.89. The molecule has 0 bridgehead atoms. The van der Waals surface area contributed by atoms with Crippen LogP contribution in [0.1, 0.15) is 30.3 Å². The first-order chi connectivity index (χ1) is 10.9. The molecule has 0 radical (unpaired) electrons. The number of hydrogen-bond acceptors (Lipinski definition) is 5. The molecule has 0 unspecified atom stereocenters. The molecule has 2 rings (SSSR count). The van der Waals surface area contributed by atoms with Crippen molar-refractivity contribution in [1.82, 2.24) is 30.1 Å². The molecule has 0 aliphatic carbocycles. The second kappa shape index (κ2) is 7.03. The lowest BCUT2D eigenvalue weighted by atomic mass is 10.2. The fourth-order valence-corrected chi connectivity index (χ4v) is 2.13. The van der Waals surface area contributed by atoms with Gasteiger partial charge in [-0.1, -0.05) is 12.1 Å². The lowest BCUT2D eigenvalue weighted by Crippen LogP contribution is -2.27. The number of aromatic nitrogens is 5. The van der Waals surface area contributed by atoms with Crippen molar-refractivity contribution in [2.24, 2.45) is 7.05 Å². The zero-order valence-corrected chi connectivity index (χ0v) is 13.8. The van der Waals surface area contributed by atoms with Crippen LogP contribution in [-0.2, 0) is 29.7 Å². The highest BCUT2D eigenvalue weighted by atomic mass is 16.2. The molecule has 2 aromatic rings. The van der Waals surface area contributed by atoms with Gasteiger partial charge in [-0.25, -0.2) is 4.68 Å². The van der Waals surface area contributed by atoms with Crippen LogP contribution in [0.2, 0.25) is 0 Å². The Labute approximate surface area is 134 Å². The van der Waals surface area contributed by atoms with Gasteiger partial charge in [0.1, 0.15) is 6.54 Å². The van der Waals surface area contributed by atoms with Gasteiger partial charge in [0.15, 0.2) is 5.82 Å². The number of nitrogens with zero attached hydrogens (tertiary/aromatic N) is 5. The Hall–Kier alpha value is -2.71. The molecule has 124 valence electrons. The van der Waals surface area contributed by atoms with Crippen LogP contribution >= 0.6 is 0 Å². The van der Waals surface area contributed by atoms with Crippen molar-refractivity contribution in [1.29, 1.82) is 0 Å². The molecule has 2 N–H and O–H groups in total. The van der Waals surface area contributed by atoms with Gasteiger partial charge in [0.2, 0.25) is 11.8 Å². The van der Waals surface area contributed by atoms with E-state index in [1.54, 1.807) is 11.6 Å². The lowest BCUT2D eigenvalue weighted by Gasteiger charge is -2.05. The number of hydrogen-bond donors (Lipinski definition) is 2. The molecule has 23 heavy (non-hydrogen) atoms.